The summed E-state index contributed by atoms with van der Waals surface area (Å²) >= 11 is 0. The van der Waals surface area contributed by atoms with Gasteiger partial charge in [0.15, 0.2) is 0 Å². The molecule has 0 heterocycles. The van der Waals surface area contributed by atoms with Gasteiger partial charge in [-0.05, 0) is 60.4 Å². The van der Waals surface area contributed by atoms with Crippen molar-refractivity contribution in [1.29, 1.82) is 0 Å². The highest BCUT2D eigenvalue weighted by Crippen LogP contribution is 2.27. The smallest absolute Gasteiger partial charge is 0.122 e. The fourth-order valence-electron chi connectivity index (χ4n) is 4.23. The standard InChI is InChI=1S/C33H36O3/c1-23-5-9-27(10-6-23)25(3)29-13-17-32(18-14-29)35-21-31(34)22-36-33-19-15-30(16-20-33)26(4)28-11-7-24(2)8-12-28/h5-20,25-26,31,34H,21-22H2,1-4H3. The van der Waals surface area contributed by atoms with Gasteiger partial charge < -0.3 is 14.6 Å². The Labute approximate surface area is 215 Å². The SMILES string of the molecule is Cc1ccc(C(C)c2ccc(OCC(O)COc3ccc(C(C)c4ccc(C)cc4)cc3)cc2)cc1. The number of aliphatic hydroxyl groups is 1. The maximum Gasteiger partial charge on any atom is 0.122 e. The second-order valence-electron chi connectivity index (χ2n) is 9.68. The van der Waals surface area contributed by atoms with Crippen LogP contribution >= 0.6 is 0 Å². The van der Waals surface area contributed by atoms with Crippen LogP contribution in [-0.4, -0.2) is 24.4 Å². The van der Waals surface area contributed by atoms with Gasteiger partial charge in [-0.3, -0.25) is 0 Å². The van der Waals surface area contributed by atoms with Crippen LogP contribution in [0.4, 0.5) is 0 Å². The summed E-state index contributed by atoms with van der Waals surface area (Å²) in [6.07, 6.45) is -0.720. The van der Waals surface area contributed by atoms with E-state index in [1.54, 1.807) is 0 Å². The molecule has 4 aromatic rings. The Morgan fingerprint density at radius 3 is 1.08 bits per heavy atom. The van der Waals surface area contributed by atoms with Crippen LogP contribution < -0.4 is 9.47 Å². The molecule has 0 spiro atoms. The fraction of sp³-hybridized carbons (Fsp3) is 0.273. The molecule has 0 saturated carbocycles. The third kappa shape index (κ3) is 6.77. The third-order valence-corrected chi connectivity index (χ3v) is 6.80. The van der Waals surface area contributed by atoms with E-state index in [0.29, 0.717) is 11.8 Å². The lowest BCUT2D eigenvalue weighted by Crippen LogP contribution is -2.25. The quantitative estimate of drug-likeness (QED) is 0.257. The van der Waals surface area contributed by atoms with Crippen LogP contribution in [-0.2, 0) is 0 Å². The predicted molar refractivity (Wildman–Crippen MR) is 147 cm³/mol. The van der Waals surface area contributed by atoms with Gasteiger partial charge in [-0.15, -0.1) is 0 Å². The summed E-state index contributed by atoms with van der Waals surface area (Å²) in [6.45, 7) is 8.97. The zero-order chi connectivity index (χ0) is 25.5. The molecule has 4 aromatic carbocycles. The largest absolute Gasteiger partial charge is 0.491 e. The highest BCUT2D eigenvalue weighted by Gasteiger charge is 2.11. The molecule has 0 radical (unpaired) electrons. The maximum atomic E-state index is 10.3. The Hall–Kier alpha value is -3.56. The molecule has 0 aliphatic rings. The molecule has 0 amide bonds. The van der Waals surface area contributed by atoms with Crippen molar-refractivity contribution in [2.75, 3.05) is 13.2 Å². The first-order chi connectivity index (χ1) is 17.4. The molecule has 0 saturated heterocycles. The summed E-state index contributed by atoms with van der Waals surface area (Å²) in [5, 5.41) is 10.3. The van der Waals surface area contributed by atoms with Crippen LogP contribution in [0.1, 0.15) is 59.1 Å². The Bertz CT molecular complexity index is 1110. The minimum atomic E-state index is -0.720. The van der Waals surface area contributed by atoms with E-state index < -0.39 is 6.10 Å². The van der Waals surface area contributed by atoms with E-state index in [-0.39, 0.29) is 13.2 Å². The van der Waals surface area contributed by atoms with Crippen molar-refractivity contribution in [2.24, 2.45) is 0 Å². The number of ether oxygens (including phenoxy) is 2. The zero-order valence-electron chi connectivity index (χ0n) is 21.6. The molecule has 4 rings (SSSR count). The van der Waals surface area contributed by atoms with Crippen LogP contribution in [0.5, 0.6) is 11.5 Å². The molecule has 186 valence electrons. The van der Waals surface area contributed by atoms with Crippen LogP contribution in [0.25, 0.3) is 0 Å². The average molecular weight is 481 g/mol. The Morgan fingerprint density at radius 1 is 0.500 bits per heavy atom. The minimum absolute atomic E-state index is 0.176. The van der Waals surface area contributed by atoms with Gasteiger partial charge in [0.2, 0.25) is 0 Å². The van der Waals surface area contributed by atoms with Crippen molar-refractivity contribution >= 4 is 0 Å². The highest BCUT2D eigenvalue weighted by molar-refractivity contribution is 5.37. The predicted octanol–water partition coefficient (Wildman–Crippen LogP) is 7.43. The Kier molecular flexibility index (Phi) is 8.45. The molecule has 36 heavy (non-hydrogen) atoms. The molecule has 3 heteroatoms. The van der Waals surface area contributed by atoms with Crippen molar-refractivity contribution in [2.45, 2.75) is 45.6 Å². The number of hydrogen-bond acceptors (Lipinski definition) is 3. The Balaban J connectivity index is 1.23. The van der Waals surface area contributed by atoms with Crippen LogP contribution in [0.2, 0.25) is 0 Å². The van der Waals surface area contributed by atoms with E-state index in [2.05, 4.69) is 100 Å². The van der Waals surface area contributed by atoms with Crippen molar-refractivity contribution in [3.05, 3.63) is 130 Å². The monoisotopic (exact) mass is 480 g/mol. The summed E-state index contributed by atoms with van der Waals surface area (Å²) in [7, 11) is 0. The number of benzene rings is 4. The first-order valence-corrected chi connectivity index (χ1v) is 12.7. The van der Waals surface area contributed by atoms with Crippen LogP contribution in [0, 0.1) is 13.8 Å². The first kappa shape index (κ1) is 25.5. The van der Waals surface area contributed by atoms with Gasteiger partial charge in [-0.1, -0.05) is 97.8 Å². The molecule has 0 bridgehead atoms. The minimum Gasteiger partial charge on any atom is -0.491 e. The summed E-state index contributed by atoms with van der Waals surface area (Å²) in [5.41, 5.74) is 7.58. The van der Waals surface area contributed by atoms with E-state index in [0.717, 1.165) is 11.5 Å². The van der Waals surface area contributed by atoms with Crippen LogP contribution in [0.15, 0.2) is 97.1 Å². The highest BCUT2D eigenvalue weighted by atomic mass is 16.5. The van der Waals surface area contributed by atoms with Gasteiger partial charge in [0.1, 0.15) is 30.8 Å². The maximum absolute atomic E-state index is 10.3. The third-order valence-electron chi connectivity index (χ3n) is 6.80. The van der Waals surface area contributed by atoms with Gasteiger partial charge in [-0.2, -0.15) is 0 Å². The zero-order valence-corrected chi connectivity index (χ0v) is 21.6. The van der Waals surface area contributed by atoms with E-state index in [4.69, 9.17) is 9.47 Å². The fourth-order valence-corrected chi connectivity index (χ4v) is 4.23. The van der Waals surface area contributed by atoms with Crippen molar-refractivity contribution < 1.29 is 14.6 Å². The van der Waals surface area contributed by atoms with Gasteiger partial charge in [0, 0.05) is 11.8 Å². The summed E-state index contributed by atoms with van der Waals surface area (Å²) in [4.78, 5) is 0. The van der Waals surface area contributed by atoms with Gasteiger partial charge in [0.25, 0.3) is 0 Å². The Morgan fingerprint density at radius 2 is 0.778 bits per heavy atom. The number of aliphatic hydroxyl groups excluding tert-OH is 1. The van der Waals surface area contributed by atoms with E-state index in [9.17, 15) is 5.11 Å². The summed E-state index contributed by atoms with van der Waals surface area (Å²) in [6, 6.07) is 33.5. The molecule has 0 aliphatic carbocycles. The van der Waals surface area contributed by atoms with Crippen molar-refractivity contribution in [1.82, 2.24) is 0 Å². The summed E-state index contributed by atoms with van der Waals surface area (Å²) in [5.74, 6) is 2.10. The van der Waals surface area contributed by atoms with E-state index in [1.165, 1.54) is 33.4 Å². The molecule has 0 aliphatic heterocycles. The van der Waals surface area contributed by atoms with E-state index >= 15 is 0 Å². The molecule has 2 unspecified atom stereocenters. The average Bonchev–Trinajstić information content (AvgIpc) is 2.91. The molecular weight excluding hydrogens is 444 g/mol. The lowest BCUT2D eigenvalue weighted by atomic mass is 9.93. The number of aryl methyl sites for hydroxylation is 2. The molecule has 0 aromatic heterocycles. The number of rotatable bonds is 10. The summed E-state index contributed by atoms with van der Waals surface area (Å²) < 4.78 is 11.6. The lowest BCUT2D eigenvalue weighted by Gasteiger charge is -2.16. The van der Waals surface area contributed by atoms with Crippen LogP contribution in [0.3, 0.4) is 0 Å². The molecule has 2 atom stereocenters. The lowest BCUT2D eigenvalue weighted by molar-refractivity contribution is 0.0626. The van der Waals surface area contributed by atoms with Crippen molar-refractivity contribution in [3.8, 4) is 11.5 Å². The van der Waals surface area contributed by atoms with Gasteiger partial charge in [0.05, 0.1) is 0 Å². The number of hydrogen-bond donors (Lipinski definition) is 1. The van der Waals surface area contributed by atoms with Gasteiger partial charge >= 0.3 is 0 Å². The normalized spacial score (nSPS) is 13.6. The van der Waals surface area contributed by atoms with E-state index in [1.807, 2.05) is 24.3 Å². The second kappa shape index (κ2) is 11.9. The molecule has 3 nitrogen and oxygen atoms in total. The van der Waals surface area contributed by atoms with Gasteiger partial charge in [-0.25, -0.2) is 0 Å². The van der Waals surface area contributed by atoms with Crippen molar-refractivity contribution in [3.63, 3.8) is 0 Å². The first-order valence-electron chi connectivity index (χ1n) is 12.7. The second-order valence-corrected chi connectivity index (χ2v) is 9.68. The molecular formula is C33H36O3. The molecule has 0 fully saturated rings. The topological polar surface area (TPSA) is 38.7 Å². The molecule has 1 N–H and O–H groups in total.